The quantitative estimate of drug-likeness (QED) is 0.886. The summed E-state index contributed by atoms with van der Waals surface area (Å²) in [6, 6.07) is 6.55. The van der Waals surface area contributed by atoms with E-state index in [1.807, 2.05) is 25.2 Å². The Morgan fingerprint density at radius 3 is 3.06 bits per heavy atom. The van der Waals surface area contributed by atoms with Crippen LogP contribution in [0.15, 0.2) is 18.2 Å². The highest BCUT2D eigenvalue weighted by Crippen LogP contribution is 2.21. The summed E-state index contributed by atoms with van der Waals surface area (Å²) in [7, 11) is 2.05. The van der Waals surface area contributed by atoms with Gasteiger partial charge < -0.3 is 9.88 Å². The standard InChI is InChI=1S/C12H14ClN3/c1-16-11-5-2-8(13)6-10(11)15-12(16)7-14-9-3-4-9/h2,5-6,9,14H,3-4,7H2,1H3. The molecule has 1 saturated carbocycles. The zero-order valence-corrected chi connectivity index (χ0v) is 9.96. The van der Waals surface area contributed by atoms with E-state index in [0.717, 1.165) is 28.4 Å². The molecular formula is C12H14ClN3. The minimum Gasteiger partial charge on any atom is -0.330 e. The van der Waals surface area contributed by atoms with Gasteiger partial charge in [-0.1, -0.05) is 11.6 Å². The van der Waals surface area contributed by atoms with Crippen LogP contribution >= 0.6 is 11.6 Å². The van der Waals surface area contributed by atoms with Crippen molar-refractivity contribution in [3.8, 4) is 0 Å². The molecule has 0 bridgehead atoms. The zero-order valence-electron chi connectivity index (χ0n) is 9.20. The minimum atomic E-state index is 0.711. The fraction of sp³-hybridized carbons (Fsp3) is 0.417. The lowest BCUT2D eigenvalue weighted by atomic mass is 10.3. The van der Waals surface area contributed by atoms with E-state index < -0.39 is 0 Å². The van der Waals surface area contributed by atoms with Crippen LogP contribution in [0.3, 0.4) is 0 Å². The van der Waals surface area contributed by atoms with E-state index in [2.05, 4.69) is 14.9 Å². The van der Waals surface area contributed by atoms with Gasteiger partial charge in [-0.05, 0) is 31.0 Å². The minimum absolute atomic E-state index is 0.711. The number of benzene rings is 1. The summed E-state index contributed by atoms with van der Waals surface area (Å²) in [6.07, 6.45) is 2.60. The highest BCUT2D eigenvalue weighted by Gasteiger charge is 2.21. The van der Waals surface area contributed by atoms with Crippen molar-refractivity contribution >= 4 is 22.6 Å². The van der Waals surface area contributed by atoms with Gasteiger partial charge in [-0.25, -0.2) is 4.98 Å². The number of fused-ring (bicyclic) bond motifs is 1. The number of rotatable bonds is 3. The van der Waals surface area contributed by atoms with E-state index in [-0.39, 0.29) is 0 Å². The van der Waals surface area contributed by atoms with E-state index >= 15 is 0 Å². The third-order valence-corrected chi connectivity index (χ3v) is 3.30. The topological polar surface area (TPSA) is 29.9 Å². The third-order valence-electron chi connectivity index (χ3n) is 3.06. The molecule has 1 N–H and O–H groups in total. The van der Waals surface area contributed by atoms with Crippen molar-refractivity contribution in [2.75, 3.05) is 0 Å². The second-order valence-electron chi connectivity index (χ2n) is 4.38. The normalized spacial score (nSPS) is 15.9. The van der Waals surface area contributed by atoms with Crippen molar-refractivity contribution in [1.82, 2.24) is 14.9 Å². The van der Waals surface area contributed by atoms with Crippen molar-refractivity contribution < 1.29 is 0 Å². The summed E-state index contributed by atoms with van der Waals surface area (Å²) in [5.74, 6) is 1.07. The van der Waals surface area contributed by atoms with Crippen LogP contribution in [0, 0.1) is 0 Å². The lowest BCUT2D eigenvalue weighted by Gasteiger charge is -2.02. The van der Waals surface area contributed by atoms with E-state index in [1.165, 1.54) is 12.8 Å². The molecule has 4 heteroatoms. The molecule has 0 unspecified atom stereocenters. The summed E-state index contributed by atoms with van der Waals surface area (Å²) in [5.41, 5.74) is 2.11. The Bertz CT molecular complexity index is 528. The molecule has 0 aliphatic heterocycles. The second kappa shape index (κ2) is 3.75. The van der Waals surface area contributed by atoms with Gasteiger partial charge in [0.1, 0.15) is 5.82 Å². The first-order valence-electron chi connectivity index (χ1n) is 5.58. The van der Waals surface area contributed by atoms with Crippen LogP contribution in [0.4, 0.5) is 0 Å². The average molecular weight is 236 g/mol. The molecule has 0 radical (unpaired) electrons. The summed E-state index contributed by atoms with van der Waals surface area (Å²) in [6.45, 7) is 0.841. The Labute approximate surface area is 99.4 Å². The van der Waals surface area contributed by atoms with Gasteiger partial charge in [0.05, 0.1) is 17.6 Å². The van der Waals surface area contributed by atoms with Crippen molar-refractivity contribution in [3.63, 3.8) is 0 Å². The second-order valence-corrected chi connectivity index (χ2v) is 4.81. The fourth-order valence-electron chi connectivity index (χ4n) is 1.90. The molecule has 1 fully saturated rings. The summed E-state index contributed by atoms with van der Waals surface area (Å²) in [4.78, 5) is 4.59. The monoisotopic (exact) mass is 235 g/mol. The highest BCUT2D eigenvalue weighted by molar-refractivity contribution is 6.31. The Morgan fingerprint density at radius 2 is 2.31 bits per heavy atom. The SMILES string of the molecule is Cn1c(CNC2CC2)nc2cc(Cl)ccc21. The number of aryl methyl sites for hydroxylation is 1. The largest absolute Gasteiger partial charge is 0.330 e. The Balaban J connectivity index is 1.94. The van der Waals surface area contributed by atoms with Crippen LogP contribution in [-0.4, -0.2) is 15.6 Å². The summed E-state index contributed by atoms with van der Waals surface area (Å²) < 4.78 is 2.13. The van der Waals surface area contributed by atoms with Gasteiger partial charge >= 0.3 is 0 Å². The van der Waals surface area contributed by atoms with Crippen molar-refractivity contribution in [1.29, 1.82) is 0 Å². The number of nitrogens with one attached hydrogen (secondary N) is 1. The molecule has 16 heavy (non-hydrogen) atoms. The van der Waals surface area contributed by atoms with E-state index in [9.17, 15) is 0 Å². The van der Waals surface area contributed by atoms with Crippen molar-refractivity contribution in [2.45, 2.75) is 25.4 Å². The number of halogens is 1. The molecule has 1 aliphatic carbocycles. The molecular weight excluding hydrogens is 222 g/mol. The van der Waals surface area contributed by atoms with Crippen LogP contribution in [0.1, 0.15) is 18.7 Å². The molecule has 2 aromatic rings. The Kier molecular flexibility index (Phi) is 2.37. The maximum atomic E-state index is 5.95. The number of hydrogen-bond acceptors (Lipinski definition) is 2. The lowest BCUT2D eigenvalue weighted by Crippen LogP contribution is -2.18. The average Bonchev–Trinajstić information content (AvgIpc) is 3.03. The highest BCUT2D eigenvalue weighted by atomic mass is 35.5. The first kappa shape index (κ1) is 10.1. The molecule has 84 valence electrons. The molecule has 0 amide bonds. The lowest BCUT2D eigenvalue weighted by molar-refractivity contribution is 0.639. The molecule has 0 saturated heterocycles. The molecule has 1 heterocycles. The Morgan fingerprint density at radius 1 is 1.50 bits per heavy atom. The summed E-state index contributed by atoms with van der Waals surface area (Å²) >= 11 is 5.95. The smallest absolute Gasteiger partial charge is 0.123 e. The summed E-state index contributed by atoms with van der Waals surface area (Å²) in [5, 5.41) is 4.22. The van der Waals surface area contributed by atoms with Crippen LogP contribution in [0.2, 0.25) is 5.02 Å². The van der Waals surface area contributed by atoms with Crippen LogP contribution in [-0.2, 0) is 13.6 Å². The number of imidazole rings is 1. The third kappa shape index (κ3) is 1.81. The van der Waals surface area contributed by atoms with Gasteiger partial charge in [0.2, 0.25) is 0 Å². The zero-order chi connectivity index (χ0) is 11.1. The van der Waals surface area contributed by atoms with Crippen molar-refractivity contribution in [2.24, 2.45) is 7.05 Å². The van der Waals surface area contributed by atoms with E-state index in [0.29, 0.717) is 6.04 Å². The molecule has 1 aromatic carbocycles. The molecule has 3 rings (SSSR count). The maximum Gasteiger partial charge on any atom is 0.123 e. The van der Waals surface area contributed by atoms with Crippen LogP contribution in [0.25, 0.3) is 11.0 Å². The molecule has 0 atom stereocenters. The van der Waals surface area contributed by atoms with Crippen molar-refractivity contribution in [3.05, 3.63) is 29.0 Å². The van der Waals surface area contributed by atoms with E-state index in [4.69, 9.17) is 11.6 Å². The van der Waals surface area contributed by atoms with Gasteiger partial charge in [0, 0.05) is 18.1 Å². The molecule has 3 nitrogen and oxygen atoms in total. The maximum absolute atomic E-state index is 5.95. The molecule has 0 spiro atoms. The molecule has 1 aromatic heterocycles. The van der Waals surface area contributed by atoms with E-state index in [1.54, 1.807) is 0 Å². The van der Waals surface area contributed by atoms with Gasteiger partial charge in [-0.2, -0.15) is 0 Å². The first-order valence-corrected chi connectivity index (χ1v) is 5.96. The predicted octanol–water partition coefficient (Wildman–Crippen LogP) is 2.48. The van der Waals surface area contributed by atoms with Gasteiger partial charge in [0.15, 0.2) is 0 Å². The molecule has 1 aliphatic rings. The Hall–Kier alpha value is -1.06. The van der Waals surface area contributed by atoms with Crippen LogP contribution < -0.4 is 5.32 Å². The number of hydrogen-bond donors (Lipinski definition) is 1. The van der Waals surface area contributed by atoms with Gasteiger partial charge in [0.25, 0.3) is 0 Å². The number of nitrogens with zero attached hydrogens (tertiary/aromatic N) is 2. The number of aromatic nitrogens is 2. The van der Waals surface area contributed by atoms with Gasteiger partial charge in [-0.3, -0.25) is 0 Å². The van der Waals surface area contributed by atoms with Crippen LogP contribution in [0.5, 0.6) is 0 Å². The fourth-order valence-corrected chi connectivity index (χ4v) is 2.07. The first-order chi connectivity index (χ1) is 7.74. The predicted molar refractivity (Wildman–Crippen MR) is 65.6 cm³/mol. The van der Waals surface area contributed by atoms with Gasteiger partial charge in [-0.15, -0.1) is 0 Å².